The van der Waals surface area contributed by atoms with Crippen molar-refractivity contribution in [2.24, 2.45) is 0 Å². The summed E-state index contributed by atoms with van der Waals surface area (Å²) in [6, 6.07) is 18.8. The van der Waals surface area contributed by atoms with Crippen LogP contribution in [0.5, 0.6) is 0 Å². The van der Waals surface area contributed by atoms with Gasteiger partial charge in [0, 0.05) is 27.9 Å². The molecule has 1 aliphatic heterocycles. The highest BCUT2D eigenvalue weighted by Crippen LogP contribution is 2.16. The topological polar surface area (TPSA) is 82.9 Å². The van der Waals surface area contributed by atoms with E-state index >= 15 is 0 Å². The Bertz CT molecular complexity index is 1120. The molecule has 30 heavy (non-hydrogen) atoms. The summed E-state index contributed by atoms with van der Waals surface area (Å²) in [6.07, 6.45) is 3.97. The Morgan fingerprint density at radius 3 is 2.63 bits per heavy atom. The molecule has 6 nitrogen and oxygen atoms in total. The van der Waals surface area contributed by atoms with Gasteiger partial charge in [0.25, 0.3) is 5.91 Å². The SMILES string of the molecule is Cc1ccc(CNC(=O)c2cccc(NC3=CC=C(c4ccc(Cl)cc4)[NH2+]N3)c2)o1. The first-order chi connectivity index (χ1) is 14.6. The van der Waals surface area contributed by atoms with E-state index in [4.69, 9.17) is 16.0 Å². The highest BCUT2D eigenvalue weighted by Gasteiger charge is 2.13. The third kappa shape index (κ3) is 4.92. The van der Waals surface area contributed by atoms with Crippen LogP contribution in [0.15, 0.2) is 83.1 Å². The standard InChI is InChI=1S/C23H21ClN4O2/c1-15-5-10-20(30-15)14-25-23(29)17-3-2-4-19(13-17)26-22-12-11-21(27-28-22)16-6-8-18(24)9-7-16/h2-13,26-28H,14H2,1H3,(H,25,29)/p+1. The van der Waals surface area contributed by atoms with E-state index in [9.17, 15) is 4.79 Å². The van der Waals surface area contributed by atoms with Gasteiger partial charge in [-0.3, -0.25) is 4.79 Å². The first kappa shape index (κ1) is 19.8. The molecule has 2 aromatic carbocycles. The van der Waals surface area contributed by atoms with E-state index < -0.39 is 0 Å². The lowest BCUT2D eigenvalue weighted by Gasteiger charge is -2.16. The molecule has 5 N–H and O–H groups in total. The average Bonchev–Trinajstić information content (AvgIpc) is 3.18. The number of rotatable bonds is 6. The highest BCUT2D eigenvalue weighted by molar-refractivity contribution is 6.30. The maximum absolute atomic E-state index is 12.5. The molecular formula is C23H22ClN4O2+. The number of carbonyl (C=O) groups excluding carboxylic acids is 1. The number of furan rings is 1. The van der Waals surface area contributed by atoms with Gasteiger partial charge in [-0.25, -0.2) is 10.9 Å². The molecular weight excluding hydrogens is 400 g/mol. The number of nitrogens with two attached hydrogens (primary N) is 1. The Morgan fingerprint density at radius 1 is 1.10 bits per heavy atom. The van der Waals surface area contributed by atoms with Crippen LogP contribution in [0, 0.1) is 6.92 Å². The van der Waals surface area contributed by atoms with E-state index in [-0.39, 0.29) is 5.91 Å². The van der Waals surface area contributed by atoms with Crippen molar-refractivity contribution in [3.63, 3.8) is 0 Å². The Morgan fingerprint density at radius 2 is 1.93 bits per heavy atom. The van der Waals surface area contributed by atoms with Crippen molar-refractivity contribution >= 4 is 28.9 Å². The van der Waals surface area contributed by atoms with E-state index in [0.29, 0.717) is 17.1 Å². The smallest absolute Gasteiger partial charge is 0.251 e. The fourth-order valence-corrected chi connectivity index (χ4v) is 3.19. The lowest BCUT2D eigenvalue weighted by atomic mass is 10.1. The van der Waals surface area contributed by atoms with E-state index in [0.717, 1.165) is 34.3 Å². The molecule has 0 bridgehead atoms. The van der Waals surface area contributed by atoms with Crippen LogP contribution in [0.2, 0.25) is 5.02 Å². The van der Waals surface area contributed by atoms with E-state index in [1.807, 2.05) is 79.1 Å². The molecule has 152 valence electrons. The molecule has 0 aliphatic carbocycles. The number of aryl methyl sites for hydroxylation is 1. The summed E-state index contributed by atoms with van der Waals surface area (Å²) in [4.78, 5) is 12.5. The van der Waals surface area contributed by atoms with Gasteiger partial charge < -0.3 is 15.1 Å². The minimum atomic E-state index is -0.158. The highest BCUT2D eigenvalue weighted by atomic mass is 35.5. The lowest BCUT2D eigenvalue weighted by molar-refractivity contribution is -0.618. The number of quaternary nitrogens is 1. The molecule has 0 saturated heterocycles. The normalized spacial score (nSPS) is 13.1. The quantitative estimate of drug-likeness (QED) is 0.459. The molecule has 0 fully saturated rings. The van der Waals surface area contributed by atoms with Gasteiger partial charge in [0.05, 0.1) is 6.54 Å². The summed E-state index contributed by atoms with van der Waals surface area (Å²) < 4.78 is 5.48. The van der Waals surface area contributed by atoms with Gasteiger partial charge in [-0.2, -0.15) is 0 Å². The number of nitrogens with one attached hydrogen (secondary N) is 3. The van der Waals surface area contributed by atoms with E-state index in [1.165, 1.54) is 0 Å². The van der Waals surface area contributed by atoms with Crippen LogP contribution in [0.3, 0.4) is 0 Å². The molecule has 1 aromatic heterocycles. The van der Waals surface area contributed by atoms with Gasteiger partial charge in [0.1, 0.15) is 11.5 Å². The number of hydrogen-bond acceptors (Lipinski definition) is 4. The van der Waals surface area contributed by atoms with Crippen molar-refractivity contribution in [1.29, 1.82) is 0 Å². The van der Waals surface area contributed by atoms with Crippen molar-refractivity contribution in [2.75, 3.05) is 5.32 Å². The predicted octanol–water partition coefficient (Wildman–Crippen LogP) is 3.55. The third-order valence-corrected chi connectivity index (χ3v) is 4.87. The summed E-state index contributed by atoms with van der Waals surface area (Å²) in [6.45, 7) is 2.23. The van der Waals surface area contributed by atoms with Gasteiger partial charge in [-0.15, -0.1) is 0 Å². The van der Waals surface area contributed by atoms with Crippen molar-refractivity contribution in [3.8, 4) is 0 Å². The predicted molar refractivity (Wildman–Crippen MR) is 117 cm³/mol. The number of carbonyl (C=O) groups is 1. The van der Waals surface area contributed by atoms with Crippen molar-refractivity contribution in [2.45, 2.75) is 13.5 Å². The number of anilines is 1. The number of hydrogen-bond donors (Lipinski definition) is 4. The summed E-state index contributed by atoms with van der Waals surface area (Å²) in [5.41, 5.74) is 8.68. The molecule has 7 heteroatoms. The largest absolute Gasteiger partial charge is 0.465 e. The molecule has 0 atom stereocenters. The Hall–Kier alpha value is -3.48. The second kappa shape index (κ2) is 8.90. The van der Waals surface area contributed by atoms with Crippen LogP contribution in [0.25, 0.3) is 5.70 Å². The summed E-state index contributed by atoms with van der Waals surface area (Å²) in [5.74, 6) is 2.21. The Labute approximate surface area is 179 Å². The van der Waals surface area contributed by atoms with Gasteiger partial charge in [0.2, 0.25) is 0 Å². The molecule has 1 aliphatic rings. The van der Waals surface area contributed by atoms with Crippen LogP contribution in [-0.2, 0) is 6.54 Å². The number of benzene rings is 2. The van der Waals surface area contributed by atoms with Crippen LogP contribution < -0.4 is 21.5 Å². The monoisotopic (exact) mass is 421 g/mol. The Balaban J connectivity index is 1.39. The third-order valence-electron chi connectivity index (χ3n) is 4.61. The first-order valence-corrected chi connectivity index (χ1v) is 9.93. The van der Waals surface area contributed by atoms with Crippen molar-refractivity contribution < 1.29 is 14.6 Å². The zero-order valence-electron chi connectivity index (χ0n) is 16.4. The zero-order chi connectivity index (χ0) is 20.9. The minimum absolute atomic E-state index is 0.158. The van der Waals surface area contributed by atoms with Crippen LogP contribution in [0.4, 0.5) is 5.69 Å². The van der Waals surface area contributed by atoms with E-state index in [1.54, 1.807) is 6.07 Å². The molecule has 2 heterocycles. The maximum Gasteiger partial charge on any atom is 0.251 e. The number of halogens is 1. The fraction of sp³-hybridized carbons (Fsp3) is 0.0870. The van der Waals surface area contributed by atoms with Gasteiger partial charge in [-0.05, 0) is 67.6 Å². The molecule has 0 spiro atoms. The van der Waals surface area contributed by atoms with Crippen LogP contribution in [-0.4, -0.2) is 5.91 Å². The second-order valence-electron chi connectivity index (χ2n) is 6.90. The van der Waals surface area contributed by atoms with Crippen LogP contribution in [0.1, 0.15) is 27.4 Å². The average molecular weight is 422 g/mol. The lowest BCUT2D eigenvalue weighted by Crippen LogP contribution is -2.91. The second-order valence-corrected chi connectivity index (χ2v) is 7.34. The van der Waals surface area contributed by atoms with Crippen LogP contribution >= 0.6 is 11.6 Å². The maximum atomic E-state index is 12.5. The number of allylic oxidation sites excluding steroid dienone is 2. The fourth-order valence-electron chi connectivity index (χ4n) is 3.07. The molecule has 0 unspecified atom stereocenters. The molecule has 0 saturated carbocycles. The van der Waals surface area contributed by atoms with Gasteiger partial charge in [0.15, 0.2) is 11.5 Å². The number of amides is 1. The summed E-state index contributed by atoms with van der Waals surface area (Å²) in [5, 5.41) is 6.87. The minimum Gasteiger partial charge on any atom is -0.465 e. The van der Waals surface area contributed by atoms with Crippen molar-refractivity contribution in [1.82, 2.24) is 10.7 Å². The Kier molecular flexibility index (Phi) is 5.88. The molecule has 0 radical (unpaired) electrons. The van der Waals surface area contributed by atoms with Gasteiger partial charge >= 0.3 is 0 Å². The molecule has 3 aromatic rings. The molecule has 4 rings (SSSR count). The summed E-state index contributed by atoms with van der Waals surface area (Å²) >= 11 is 5.95. The van der Waals surface area contributed by atoms with Gasteiger partial charge in [-0.1, -0.05) is 17.7 Å². The van der Waals surface area contributed by atoms with Crippen molar-refractivity contribution in [3.05, 3.63) is 106 Å². The first-order valence-electron chi connectivity index (χ1n) is 9.55. The van der Waals surface area contributed by atoms with E-state index in [2.05, 4.69) is 16.1 Å². The summed E-state index contributed by atoms with van der Waals surface area (Å²) in [7, 11) is 0. The molecule has 1 amide bonds. The zero-order valence-corrected chi connectivity index (χ0v) is 17.2.